The lowest BCUT2D eigenvalue weighted by molar-refractivity contribution is -0.0222. The summed E-state index contributed by atoms with van der Waals surface area (Å²) in [6.45, 7) is 6.35. The van der Waals surface area contributed by atoms with Crippen LogP contribution in [0.15, 0.2) is 5.51 Å². The molecule has 0 aliphatic carbocycles. The lowest BCUT2D eigenvalue weighted by Gasteiger charge is -2.36. The maximum atomic E-state index is 12.6. The van der Waals surface area contributed by atoms with Crippen molar-refractivity contribution in [3.8, 4) is 0 Å². The van der Waals surface area contributed by atoms with E-state index in [1.165, 1.54) is 11.3 Å². The van der Waals surface area contributed by atoms with Gasteiger partial charge >= 0.3 is 0 Å². The van der Waals surface area contributed by atoms with Crippen LogP contribution in [0.2, 0.25) is 0 Å². The summed E-state index contributed by atoms with van der Waals surface area (Å²) in [4.78, 5) is 21.7. The largest absolute Gasteiger partial charge is 0.391 e. The maximum Gasteiger partial charge on any atom is 0.265 e. The number of aliphatic hydroxyl groups excluding tert-OH is 1. The highest BCUT2D eigenvalue weighted by atomic mass is 32.1. The first-order valence-electron chi connectivity index (χ1n) is 7.86. The average molecular weight is 325 g/mol. The molecule has 2 atom stereocenters. The number of ether oxygens (including phenoxy) is 1. The second-order valence-corrected chi connectivity index (χ2v) is 6.77. The summed E-state index contributed by atoms with van der Waals surface area (Å²) in [7, 11) is 0. The van der Waals surface area contributed by atoms with E-state index in [0.29, 0.717) is 19.5 Å². The smallest absolute Gasteiger partial charge is 0.265 e. The number of hydrogen-bond donors (Lipinski definition) is 1. The fourth-order valence-corrected chi connectivity index (χ4v) is 4.03. The minimum Gasteiger partial charge on any atom is -0.391 e. The molecule has 3 rings (SSSR count). The fourth-order valence-electron chi connectivity index (χ4n) is 3.26. The van der Waals surface area contributed by atoms with E-state index in [4.69, 9.17) is 4.74 Å². The first-order valence-corrected chi connectivity index (χ1v) is 8.74. The molecule has 0 spiro atoms. The molecule has 22 heavy (non-hydrogen) atoms. The third kappa shape index (κ3) is 3.32. The quantitative estimate of drug-likeness (QED) is 0.869. The van der Waals surface area contributed by atoms with Gasteiger partial charge in [-0.05, 0) is 19.8 Å². The van der Waals surface area contributed by atoms with Crippen LogP contribution in [-0.2, 0) is 4.74 Å². The molecule has 1 aromatic heterocycles. The van der Waals surface area contributed by atoms with Crippen LogP contribution in [0, 0.1) is 6.92 Å². The number of morpholine rings is 1. The molecule has 1 aromatic rings. The Kier molecular flexibility index (Phi) is 5.07. The molecule has 3 heterocycles. The van der Waals surface area contributed by atoms with Crippen LogP contribution in [-0.4, -0.2) is 77.3 Å². The van der Waals surface area contributed by atoms with E-state index in [1.54, 1.807) is 5.51 Å². The lowest BCUT2D eigenvalue weighted by atomic mass is 10.0. The molecular formula is C15H23N3O3S. The second kappa shape index (κ2) is 7.04. The molecule has 2 fully saturated rings. The number of likely N-dealkylation sites (tertiary alicyclic amines) is 1. The number of amides is 1. The van der Waals surface area contributed by atoms with E-state index >= 15 is 0 Å². The van der Waals surface area contributed by atoms with Crippen LogP contribution in [0.25, 0.3) is 0 Å². The maximum absolute atomic E-state index is 12.6. The molecule has 0 radical (unpaired) electrons. The third-order valence-electron chi connectivity index (χ3n) is 4.58. The average Bonchev–Trinajstić information content (AvgIpc) is 2.86. The number of aryl methyl sites for hydroxylation is 1. The molecule has 1 N–H and O–H groups in total. The second-order valence-electron chi connectivity index (χ2n) is 5.92. The molecule has 7 heteroatoms. The van der Waals surface area contributed by atoms with E-state index < -0.39 is 0 Å². The van der Waals surface area contributed by atoms with Crippen molar-refractivity contribution in [3.63, 3.8) is 0 Å². The van der Waals surface area contributed by atoms with Crippen LogP contribution >= 0.6 is 11.3 Å². The lowest BCUT2D eigenvalue weighted by Crippen LogP contribution is -2.49. The van der Waals surface area contributed by atoms with Gasteiger partial charge in [0.15, 0.2) is 0 Å². The van der Waals surface area contributed by atoms with Gasteiger partial charge in [0, 0.05) is 32.2 Å². The number of carbonyl (C=O) groups is 1. The summed E-state index contributed by atoms with van der Waals surface area (Å²) < 4.78 is 5.39. The number of thiazole rings is 1. The van der Waals surface area contributed by atoms with Gasteiger partial charge in [-0.25, -0.2) is 4.98 Å². The number of hydrogen-bond acceptors (Lipinski definition) is 6. The summed E-state index contributed by atoms with van der Waals surface area (Å²) in [6, 6.07) is 0.129. The highest BCUT2D eigenvalue weighted by molar-refractivity contribution is 7.11. The van der Waals surface area contributed by atoms with Crippen LogP contribution in [0.3, 0.4) is 0 Å². The molecule has 2 saturated heterocycles. The Bertz CT molecular complexity index is 516. The number of aliphatic hydroxyl groups is 1. The van der Waals surface area contributed by atoms with E-state index in [-0.39, 0.29) is 18.1 Å². The zero-order valence-corrected chi connectivity index (χ0v) is 13.7. The minimum absolute atomic E-state index is 0.0508. The van der Waals surface area contributed by atoms with Crippen LogP contribution in [0.5, 0.6) is 0 Å². The van der Waals surface area contributed by atoms with Gasteiger partial charge in [-0.15, -0.1) is 11.3 Å². The molecule has 6 nitrogen and oxygen atoms in total. The van der Waals surface area contributed by atoms with Gasteiger partial charge in [0.25, 0.3) is 5.91 Å². The van der Waals surface area contributed by atoms with E-state index in [1.807, 2.05) is 11.8 Å². The minimum atomic E-state index is -0.376. The summed E-state index contributed by atoms with van der Waals surface area (Å²) in [5.41, 5.74) is 2.51. The van der Waals surface area contributed by atoms with Gasteiger partial charge in [-0.3, -0.25) is 9.69 Å². The SMILES string of the molecule is Cc1ncsc1C(=O)N1CC[C@H](O)[C@@H](N2CCOCC2)CC1. The summed E-state index contributed by atoms with van der Waals surface area (Å²) in [5.74, 6) is 0.0508. The number of carbonyl (C=O) groups excluding carboxylic acids is 1. The van der Waals surface area contributed by atoms with Crippen molar-refractivity contribution in [2.24, 2.45) is 0 Å². The van der Waals surface area contributed by atoms with Gasteiger partial charge < -0.3 is 14.7 Å². The fraction of sp³-hybridized carbons (Fsp3) is 0.733. The molecule has 0 aromatic carbocycles. The Morgan fingerprint density at radius 3 is 2.73 bits per heavy atom. The summed E-state index contributed by atoms with van der Waals surface area (Å²) >= 11 is 1.40. The number of rotatable bonds is 2. The van der Waals surface area contributed by atoms with Crippen molar-refractivity contribution in [2.75, 3.05) is 39.4 Å². The number of nitrogens with zero attached hydrogens (tertiary/aromatic N) is 3. The predicted octanol–water partition coefficient (Wildman–Crippen LogP) is 0.749. The number of aromatic nitrogens is 1. The van der Waals surface area contributed by atoms with Gasteiger partial charge in [0.2, 0.25) is 0 Å². The van der Waals surface area contributed by atoms with Crippen LogP contribution in [0.1, 0.15) is 28.2 Å². The van der Waals surface area contributed by atoms with Crippen molar-refractivity contribution in [1.29, 1.82) is 0 Å². The zero-order chi connectivity index (χ0) is 15.5. The first kappa shape index (κ1) is 15.9. The Morgan fingerprint density at radius 1 is 1.32 bits per heavy atom. The van der Waals surface area contributed by atoms with Crippen molar-refractivity contribution in [3.05, 3.63) is 16.1 Å². The third-order valence-corrected chi connectivity index (χ3v) is 5.49. The predicted molar refractivity (Wildman–Crippen MR) is 84.2 cm³/mol. The van der Waals surface area contributed by atoms with E-state index in [0.717, 1.165) is 43.3 Å². The standard InChI is InChI=1S/C15H23N3O3S/c1-11-14(22-10-16-11)15(20)18-4-2-12(13(19)3-5-18)17-6-8-21-9-7-17/h10,12-13,19H,2-9H2,1H3/t12-,13-/m0/s1. The Morgan fingerprint density at radius 2 is 2.05 bits per heavy atom. The molecule has 1 amide bonds. The highest BCUT2D eigenvalue weighted by Crippen LogP contribution is 2.22. The molecule has 122 valence electrons. The van der Waals surface area contributed by atoms with Crippen molar-refractivity contribution < 1.29 is 14.6 Å². The van der Waals surface area contributed by atoms with Crippen molar-refractivity contribution in [1.82, 2.24) is 14.8 Å². The van der Waals surface area contributed by atoms with Gasteiger partial charge in [-0.2, -0.15) is 0 Å². The van der Waals surface area contributed by atoms with Crippen molar-refractivity contribution in [2.45, 2.75) is 31.9 Å². The molecule has 0 unspecified atom stereocenters. The topological polar surface area (TPSA) is 65.9 Å². The Labute approximate surface area is 134 Å². The van der Waals surface area contributed by atoms with Gasteiger partial charge in [-0.1, -0.05) is 0 Å². The molecular weight excluding hydrogens is 302 g/mol. The Balaban J connectivity index is 1.65. The Hall–Kier alpha value is -1.02. The highest BCUT2D eigenvalue weighted by Gasteiger charge is 2.32. The van der Waals surface area contributed by atoms with Crippen LogP contribution in [0.4, 0.5) is 0 Å². The molecule has 2 aliphatic rings. The summed E-state index contributed by atoms with van der Waals surface area (Å²) in [6.07, 6.45) is 1.06. The summed E-state index contributed by atoms with van der Waals surface area (Å²) in [5, 5.41) is 10.5. The van der Waals surface area contributed by atoms with E-state index in [2.05, 4.69) is 9.88 Å². The van der Waals surface area contributed by atoms with E-state index in [9.17, 15) is 9.90 Å². The monoisotopic (exact) mass is 325 g/mol. The molecule has 2 aliphatic heterocycles. The van der Waals surface area contributed by atoms with Gasteiger partial charge in [0.05, 0.1) is 30.5 Å². The van der Waals surface area contributed by atoms with Crippen molar-refractivity contribution >= 4 is 17.2 Å². The zero-order valence-electron chi connectivity index (χ0n) is 12.9. The molecule has 0 bridgehead atoms. The molecule has 0 saturated carbocycles. The van der Waals surface area contributed by atoms with Gasteiger partial charge in [0.1, 0.15) is 4.88 Å². The normalized spacial score (nSPS) is 27.6. The first-order chi connectivity index (χ1) is 10.7. The van der Waals surface area contributed by atoms with Crippen LogP contribution < -0.4 is 0 Å².